The molecule has 0 unspecified atom stereocenters. The number of anilines is 1. The van der Waals surface area contributed by atoms with Crippen LogP contribution in [0.15, 0.2) is 48.7 Å². The highest BCUT2D eigenvalue weighted by Crippen LogP contribution is 2.18. The van der Waals surface area contributed by atoms with E-state index in [1.54, 1.807) is 12.1 Å². The summed E-state index contributed by atoms with van der Waals surface area (Å²) in [5.74, 6) is 0. The quantitative estimate of drug-likeness (QED) is 0.929. The van der Waals surface area contributed by atoms with Gasteiger partial charge in [-0.05, 0) is 12.1 Å². The lowest BCUT2D eigenvalue weighted by Crippen LogP contribution is -2.28. The number of benzene rings is 1. The fourth-order valence-electron chi connectivity index (χ4n) is 1.47. The predicted molar refractivity (Wildman–Crippen MR) is 75.9 cm³/mol. The maximum absolute atomic E-state index is 11.6. The Hall–Kier alpha value is -1.92. The van der Waals surface area contributed by atoms with E-state index in [9.17, 15) is 8.42 Å². The van der Waals surface area contributed by atoms with Crippen LogP contribution in [0.25, 0.3) is 11.3 Å². The summed E-state index contributed by atoms with van der Waals surface area (Å²) >= 11 is 0. The summed E-state index contributed by atoms with van der Waals surface area (Å²) in [6, 6.07) is 13.2. The Bertz CT molecular complexity index is 637. The molecule has 0 aliphatic heterocycles. The molecule has 0 saturated heterocycles. The first kappa shape index (κ1) is 13.5. The summed E-state index contributed by atoms with van der Waals surface area (Å²) in [6.07, 6.45) is 1.50. The first-order valence-electron chi connectivity index (χ1n) is 5.71. The summed E-state index contributed by atoms with van der Waals surface area (Å²) in [5.41, 5.74) is 2.23. The van der Waals surface area contributed by atoms with Gasteiger partial charge in [-0.1, -0.05) is 30.3 Å². The Morgan fingerprint density at radius 3 is 2.26 bits per heavy atom. The SMILES string of the molecule is CN(C)S(=O)(=O)Nc1ccc(-c2ccccc2)nc1. The highest BCUT2D eigenvalue weighted by atomic mass is 32.2. The molecule has 0 aliphatic rings. The average Bonchev–Trinajstić information content (AvgIpc) is 2.40. The van der Waals surface area contributed by atoms with Crippen LogP contribution in [0.1, 0.15) is 0 Å². The summed E-state index contributed by atoms with van der Waals surface area (Å²) in [7, 11) is -0.553. The van der Waals surface area contributed by atoms with Crippen molar-refractivity contribution in [3.8, 4) is 11.3 Å². The molecule has 5 nitrogen and oxygen atoms in total. The van der Waals surface area contributed by atoms with E-state index in [0.717, 1.165) is 15.6 Å². The monoisotopic (exact) mass is 277 g/mol. The van der Waals surface area contributed by atoms with Gasteiger partial charge in [0, 0.05) is 19.7 Å². The van der Waals surface area contributed by atoms with Gasteiger partial charge in [-0.15, -0.1) is 0 Å². The summed E-state index contributed by atoms with van der Waals surface area (Å²) in [6.45, 7) is 0. The predicted octanol–water partition coefficient (Wildman–Crippen LogP) is 1.97. The van der Waals surface area contributed by atoms with E-state index in [1.165, 1.54) is 20.3 Å². The normalized spacial score (nSPS) is 11.5. The zero-order chi connectivity index (χ0) is 13.9. The van der Waals surface area contributed by atoms with E-state index in [0.29, 0.717) is 5.69 Å². The van der Waals surface area contributed by atoms with Gasteiger partial charge in [0.1, 0.15) is 0 Å². The maximum Gasteiger partial charge on any atom is 0.301 e. The molecule has 1 aromatic heterocycles. The number of nitrogens with zero attached hydrogens (tertiary/aromatic N) is 2. The molecule has 0 amide bonds. The summed E-state index contributed by atoms with van der Waals surface area (Å²) < 4.78 is 26.8. The molecule has 0 spiro atoms. The van der Waals surface area contributed by atoms with E-state index in [2.05, 4.69) is 9.71 Å². The van der Waals surface area contributed by atoms with Crippen LogP contribution >= 0.6 is 0 Å². The molecule has 0 fully saturated rings. The van der Waals surface area contributed by atoms with Gasteiger partial charge in [-0.3, -0.25) is 9.71 Å². The molecular weight excluding hydrogens is 262 g/mol. The molecule has 1 aromatic carbocycles. The van der Waals surface area contributed by atoms with Gasteiger partial charge in [0.15, 0.2) is 0 Å². The van der Waals surface area contributed by atoms with Crippen molar-refractivity contribution >= 4 is 15.9 Å². The third kappa shape index (κ3) is 3.30. The van der Waals surface area contributed by atoms with Crippen molar-refractivity contribution in [1.29, 1.82) is 0 Å². The lowest BCUT2D eigenvalue weighted by molar-refractivity contribution is 0.527. The van der Waals surface area contributed by atoms with Gasteiger partial charge in [0.25, 0.3) is 0 Å². The molecule has 1 heterocycles. The van der Waals surface area contributed by atoms with Gasteiger partial charge in [-0.25, -0.2) is 0 Å². The minimum absolute atomic E-state index is 0.438. The van der Waals surface area contributed by atoms with Crippen molar-refractivity contribution in [3.05, 3.63) is 48.7 Å². The molecule has 2 aromatic rings. The zero-order valence-corrected chi connectivity index (χ0v) is 11.6. The molecule has 1 N–H and O–H groups in total. The first-order valence-corrected chi connectivity index (χ1v) is 7.15. The topological polar surface area (TPSA) is 62.3 Å². The average molecular weight is 277 g/mol. The number of pyridine rings is 1. The first-order chi connectivity index (χ1) is 8.99. The fraction of sp³-hybridized carbons (Fsp3) is 0.154. The molecule has 100 valence electrons. The number of rotatable bonds is 4. The Balaban J connectivity index is 2.21. The lowest BCUT2D eigenvalue weighted by atomic mass is 10.1. The fourth-order valence-corrected chi connectivity index (χ4v) is 2.08. The van der Waals surface area contributed by atoms with Crippen LogP contribution in [-0.2, 0) is 10.2 Å². The maximum atomic E-state index is 11.6. The van der Waals surface area contributed by atoms with E-state index < -0.39 is 10.2 Å². The van der Waals surface area contributed by atoms with Crippen molar-refractivity contribution in [1.82, 2.24) is 9.29 Å². The van der Waals surface area contributed by atoms with E-state index in [4.69, 9.17) is 0 Å². The van der Waals surface area contributed by atoms with Gasteiger partial charge >= 0.3 is 10.2 Å². The van der Waals surface area contributed by atoms with Gasteiger partial charge in [0.05, 0.1) is 17.6 Å². The Morgan fingerprint density at radius 2 is 1.74 bits per heavy atom. The van der Waals surface area contributed by atoms with Crippen LogP contribution < -0.4 is 4.72 Å². The molecule has 0 bridgehead atoms. The van der Waals surface area contributed by atoms with Gasteiger partial charge < -0.3 is 0 Å². The molecule has 6 heteroatoms. The second-order valence-corrected chi connectivity index (χ2v) is 6.07. The van der Waals surface area contributed by atoms with E-state index in [1.807, 2.05) is 30.3 Å². The van der Waals surface area contributed by atoms with Crippen molar-refractivity contribution in [3.63, 3.8) is 0 Å². The second-order valence-electron chi connectivity index (χ2n) is 4.19. The molecule has 2 rings (SSSR count). The Labute approximate surface area is 113 Å². The third-order valence-electron chi connectivity index (χ3n) is 2.56. The minimum atomic E-state index is -3.49. The standard InChI is InChI=1S/C13H15N3O2S/c1-16(2)19(17,18)15-12-8-9-13(14-10-12)11-6-4-3-5-7-11/h3-10,15H,1-2H3. The smallest absolute Gasteiger partial charge is 0.269 e. The van der Waals surface area contributed by atoms with Crippen LogP contribution in [0.5, 0.6) is 0 Å². The van der Waals surface area contributed by atoms with Crippen LogP contribution in [0.2, 0.25) is 0 Å². The highest BCUT2D eigenvalue weighted by Gasteiger charge is 2.12. The lowest BCUT2D eigenvalue weighted by Gasteiger charge is -2.13. The minimum Gasteiger partial charge on any atom is -0.269 e. The number of nitrogens with one attached hydrogen (secondary N) is 1. The second kappa shape index (κ2) is 5.38. The summed E-state index contributed by atoms with van der Waals surface area (Å²) in [4.78, 5) is 4.25. The van der Waals surface area contributed by atoms with E-state index >= 15 is 0 Å². The zero-order valence-electron chi connectivity index (χ0n) is 10.7. The molecule has 19 heavy (non-hydrogen) atoms. The van der Waals surface area contributed by atoms with Crippen LogP contribution in [0.4, 0.5) is 5.69 Å². The molecule has 0 atom stereocenters. The third-order valence-corrected chi connectivity index (χ3v) is 4.02. The van der Waals surface area contributed by atoms with Crippen molar-refractivity contribution in [2.75, 3.05) is 18.8 Å². The van der Waals surface area contributed by atoms with Gasteiger partial charge in [0.2, 0.25) is 0 Å². The molecular formula is C13H15N3O2S. The van der Waals surface area contributed by atoms with Crippen LogP contribution in [0, 0.1) is 0 Å². The molecule has 0 radical (unpaired) electrons. The van der Waals surface area contributed by atoms with Crippen molar-refractivity contribution in [2.24, 2.45) is 0 Å². The van der Waals surface area contributed by atoms with E-state index in [-0.39, 0.29) is 0 Å². The molecule has 0 saturated carbocycles. The highest BCUT2D eigenvalue weighted by molar-refractivity contribution is 7.90. The van der Waals surface area contributed by atoms with Crippen molar-refractivity contribution < 1.29 is 8.42 Å². The van der Waals surface area contributed by atoms with Crippen LogP contribution in [-0.4, -0.2) is 31.8 Å². The van der Waals surface area contributed by atoms with Gasteiger partial charge in [-0.2, -0.15) is 12.7 Å². The summed E-state index contributed by atoms with van der Waals surface area (Å²) in [5, 5.41) is 0. The number of hydrogen-bond acceptors (Lipinski definition) is 3. The number of aromatic nitrogens is 1. The Morgan fingerprint density at radius 1 is 1.05 bits per heavy atom. The molecule has 0 aliphatic carbocycles. The van der Waals surface area contributed by atoms with Crippen molar-refractivity contribution in [2.45, 2.75) is 0 Å². The largest absolute Gasteiger partial charge is 0.301 e. The van der Waals surface area contributed by atoms with Crippen LogP contribution in [0.3, 0.4) is 0 Å². The number of hydrogen-bond donors (Lipinski definition) is 1. The Kier molecular flexibility index (Phi) is 3.82.